The van der Waals surface area contributed by atoms with E-state index in [1.807, 2.05) is 11.8 Å². The van der Waals surface area contributed by atoms with Gasteiger partial charge in [0.1, 0.15) is 0 Å². The summed E-state index contributed by atoms with van der Waals surface area (Å²) in [6.07, 6.45) is 13.3. The molecule has 0 aromatic rings. The van der Waals surface area contributed by atoms with Crippen LogP contribution in [0, 0.1) is 0 Å². The Bertz CT molecular complexity index is 118. The van der Waals surface area contributed by atoms with Crippen LogP contribution >= 0.6 is 11.8 Å². The third-order valence-electron chi connectivity index (χ3n) is 2.24. The second-order valence-corrected chi connectivity index (χ2v) is 4.81. The lowest BCUT2D eigenvalue weighted by molar-refractivity contribution is 0.611. The van der Waals surface area contributed by atoms with Crippen LogP contribution in [0.1, 0.15) is 65.2 Å². The Balaban J connectivity index is 2.94. The summed E-state index contributed by atoms with van der Waals surface area (Å²) in [6.45, 7) is 4.50. The van der Waals surface area contributed by atoms with Gasteiger partial charge in [-0.15, -0.1) is 11.8 Å². The first-order valence-electron chi connectivity index (χ1n) is 6.18. The van der Waals surface area contributed by atoms with Crippen LogP contribution in [0.25, 0.3) is 0 Å². The van der Waals surface area contributed by atoms with Crippen molar-refractivity contribution in [2.24, 2.45) is 0 Å². The highest BCUT2D eigenvalue weighted by molar-refractivity contribution is 8.02. The minimum atomic E-state index is 1.27. The van der Waals surface area contributed by atoms with E-state index in [-0.39, 0.29) is 0 Å². The molecule has 0 atom stereocenters. The minimum absolute atomic E-state index is 1.27. The van der Waals surface area contributed by atoms with Crippen LogP contribution in [0.2, 0.25) is 0 Å². The molecule has 0 aliphatic heterocycles. The van der Waals surface area contributed by atoms with E-state index >= 15 is 0 Å². The molecule has 0 rings (SSSR count). The molecule has 0 heterocycles. The molecular formula is C13H26S. The summed E-state index contributed by atoms with van der Waals surface area (Å²) in [5.41, 5.74) is 0. The van der Waals surface area contributed by atoms with E-state index < -0.39 is 0 Å². The third-order valence-corrected chi connectivity index (χ3v) is 3.27. The van der Waals surface area contributed by atoms with Gasteiger partial charge in [0.05, 0.1) is 0 Å². The molecule has 84 valence electrons. The van der Waals surface area contributed by atoms with E-state index in [0.29, 0.717) is 0 Å². The minimum Gasteiger partial charge on any atom is -0.134 e. The fraction of sp³-hybridized carbons (Fsp3) is 0.846. The molecule has 0 bridgehead atoms. The van der Waals surface area contributed by atoms with E-state index in [1.54, 1.807) is 0 Å². The van der Waals surface area contributed by atoms with E-state index in [2.05, 4.69) is 25.3 Å². The summed E-state index contributed by atoms with van der Waals surface area (Å²) < 4.78 is 0. The van der Waals surface area contributed by atoms with Crippen molar-refractivity contribution >= 4 is 11.8 Å². The lowest BCUT2D eigenvalue weighted by Crippen LogP contribution is -1.77. The average Bonchev–Trinajstić information content (AvgIpc) is 2.21. The molecular weight excluding hydrogens is 188 g/mol. The standard InChI is InChI=1S/C13H26S/c1-3-5-6-7-8-9-10-11-13-14-12-4-2/h11,13H,3-10,12H2,1-2H3/b13-11+. The highest BCUT2D eigenvalue weighted by Crippen LogP contribution is 2.09. The van der Waals surface area contributed by atoms with Gasteiger partial charge in [-0.1, -0.05) is 52.0 Å². The number of unbranched alkanes of at least 4 members (excludes halogenated alkanes) is 6. The summed E-state index contributed by atoms with van der Waals surface area (Å²) in [6, 6.07) is 0. The first-order valence-corrected chi connectivity index (χ1v) is 7.23. The second-order valence-electron chi connectivity index (χ2n) is 3.80. The Labute approximate surface area is 94.6 Å². The van der Waals surface area contributed by atoms with Crippen molar-refractivity contribution in [3.05, 3.63) is 11.5 Å². The van der Waals surface area contributed by atoms with Gasteiger partial charge >= 0.3 is 0 Å². The molecule has 1 heteroatoms. The first kappa shape index (κ1) is 14.1. The van der Waals surface area contributed by atoms with Crippen LogP contribution in [-0.2, 0) is 0 Å². The van der Waals surface area contributed by atoms with Gasteiger partial charge < -0.3 is 0 Å². The second kappa shape index (κ2) is 13.1. The van der Waals surface area contributed by atoms with Crippen molar-refractivity contribution in [1.29, 1.82) is 0 Å². The Morgan fingerprint density at radius 3 is 2.29 bits per heavy atom. The Morgan fingerprint density at radius 1 is 0.857 bits per heavy atom. The van der Waals surface area contributed by atoms with Crippen molar-refractivity contribution in [2.45, 2.75) is 65.2 Å². The van der Waals surface area contributed by atoms with Crippen LogP contribution in [0.4, 0.5) is 0 Å². The summed E-state index contributed by atoms with van der Waals surface area (Å²) in [5.74, 6) is 1.27. The van der Waals surface area contributed by atoms with E-state index in [9.17, 15) is 0 Å². The Kier molecular flexibility index (Phi) is 13.2. The summed E-state index contributed by atoms with van der Waals surface area (Å²) in [7, 11) is 0. The highest BCUT2D eigenvalue weighted by atomic mass is 32.2. The monoisotopic (exact) mass is 214 g/mol. The molecule has 0 aromatic carbocycles. The predicted octanol–water partition coefficient (Wildman–Crippen LogP) is 5.39. The molecule has 0 saturated heterocycles. The van der Waals surface area contributed by atoms with Crippen LogP contribution in [0.3, 0.4) is 0 Å². The number of hydrogen-bond donors (Lipinski definition) is 0. The van der Waals surface area contributed by atoms with Crippen molar-refractivity contribution in [1.82, 2.24) is 0 Å². The number of allylic oxidation sites excluding steroid dienone is 1. The normalized spacial score (nSPS) is 11.3. The molecule has 0 amide bonds. The van der Waals surface area contributed by atoms with E-state index in [4.69, 9.17) is 0 Å². The zero-order chi connectivity index (χ0) is 10.5. The number of thioether (sulfide) groups is 1. The van der Waals surface area contributed by atoms with Crippen molar-refractivity contribution in [3.63, 3.8) is 0 Å². The molecule has 0 radical (unpaired) electrons. The third kappa shape index (κ3) is 12.1. The van der Waals surface area contributed by atoms with E-state index in [1.165, 1.54) is 57.1 Å². The maximum atomic E-state index is 2.33. The largest absolute Gasteiger partial charge is 0.134 e. The Hall–Kier alpha value is 0.0900. The maximum Gasteiger partial charge on any atom is -0.00287 e. The smallest absolute Gasteiger partial charge is 0.00287 e. The quantitative estimate of drug-likeness (QED) is 0.439. The van der Waals surface area contributed by atoms with E-state index in [0.717, 1.165) is 0 Å². The number of hydrogen-bond acceptors (Lipinski definition) is 1. The van der Waals surface area contributed by atoms with Crippen LogP contribution in [0.5, 0.6) is 0 Å². The summed E-state index contributed by atoms with van der Waals surface area (Å²) in [5, 5.41) is 2.27. The summed E-state index contributed by atoms with van der Waals surface area (Å²) >= 11 is 1.94. The molecule has 0 nitrogen and oxygen atoms in total. The molecule has 0 aliphatic carbocycles. The molecule has 0 aliphatic rings. The van der Waals surface area contributed by atoms with Crippen LogP contribution < -0.4 is 0 Å². The summed E-state index contributed by atoms with van der Waals surface area (Å²) in [4.78, 5) is 0. The molecule has 0 unspecified atom stereocenters. The van der Waals surface area contributed by atoms with Gasteiger partial charge in [-0.3, -0.25) is 0 Å². The lowest BCUT2D eigenvalue weighted by atomic mass is 10.1. The molecule has 0 spiro atoms. The molecule has 0 aromatic heterocycles. The molecule has 0 N–H and O–H groups in total. The van der Waals surface area contributed by atoms with Crippen molar-refractivity contribution < 1.29 is 0 Å². The van der Waals surface area contributed by atoms with Gasteiger partial charge in [-0.25, -0.2) is 0 Å². The van der Waals surface area contributed by atoms with Gasteiger partial charge in [0.2, 0.25) is 0 Å². The zero-order valence-corrected chi connectivity index (χ0v) is 10.7. The average molecular weight is 214 g/mol. The van der Waals surface area contributed by atoms with Crippen molar-refractivity contribution in [2.75, 3.05) is 5.75 Å². The predicted molar refractivity (Wildman–Crippen MR) is 69.9 cm³/mol. The van der Waals surface area contributed by atoms with Gasteiger partial charge in [0, 0.05) is 0 Å². The van der Waals surface area contributed by atoms with Gasteiger partial charge in [0.25, 0.3) is 0 Å². The number of rotatable bonds is 10. The maximum absolute atomic E-state index is 2.33. The highest BCUT2D eigenvalue weighted by Gasteiger charge is 1.87. The van der Waals surface area contributed by atoms with Crippen LogP contribution in [0.15, 0.2) is 11.5 Å². The SMILES string of the molecule is CCCCCCCC/C=C/SCCC. The first-order chi connectivity index (χ1) is 6.91. The fourth-order valence-corrected chi connectivity index (χ4v) is 2.01. The van der Waals surface area contributed by atoms with Crippen LogP contribution in [-0.4, -0.2) is 5.75 Å². The molecule has 14 heavy (non-hydrogen) atoms. The van der Waals surface area contributed by atoms with Crippen molar-refractivity contribution in [3.8, 4) is 0 Å². The van der Waals surface area contributed by atoms with Gasteiger partial charge in [0.15, 0.2) is 0 Å². The molecule has 0 fully saturated rings. The zero-order valence-electron chi connectivity index (χ0n) is 9.93. The van der Waals surface area contributed by atoms with Gasteiger partial charge in [-0.2, -0.15) is 0 Å². The molecule has 0 saturated carbocycles. The fourth-order valence-electron chi connectivity index (χ4n) is 1.36. The topological polar surface area (TPSA) is 0 Å². The van der Waals surface area contributed by atoms with Gasteiger partial charge in [-0.05, 0) is 30.4 Å². The Morgan fingerprint density at radius 2 is 1.57 bits per heavy atom. The lowest BCUT2D eigenvalue weighted by Gasteiger charge is -1.97.